The predicted molar refractivity (Wildman–Crippen MR) is 70.1 cm³/mol. The van der Waals surface area contributed by atoms with Gasteiger partial charge >= 0.3 is 0 Å². The van der Waals surface area contributed by atoms with Crippen LogP contribution in [0.2, 0.25) is 0 Å². The molecule has 1 atom stereocenters. The van der Waals surface area contributed by atoms with Gasteiger partial charge in [-0.1, -0.05) is 30.3 Å². The highest BCUT2D eigenvalue weighted by molar-refractivity contribution is 5.77. The van der Waals surface area contributed by atoms with Gasteiger partial charge in [0.15, 0.2) is 0 Å². The van der Waals surface area contributed by atoms with E-state index < -0.39 is 0 Å². The Morgan fingerprint density at radius 2 is 2.17 bits per heavy atom. The van der Waals surface area contributed by atoms with Gasteiger partial charge in [0.05, 0.1) is 12.6 Å². The maximum atomic E-state index is 11.6. The quantitative estimate of drug-likeness (QED) is 0.792. The van der Waals surface area contributed by atoms with Crippen LogP contribution in [0.3, 0.4) is 0 Å². The Bertz CT molecular complexity index is 361. The first-order chi connectivity index (χ1) is 8.84. The van der Waals surface area contributed by atoms with Crippen LogP contribution in [0.4, 0.5) is 0 Å². The monoisotopic (exact) mass is 248 g/mol. The van der Waals surface area contributed by atoms with Crippen LogP contribution in [0, 0.1) is 0 Å². The van der Waals surface area contributed by atoms with Gasteiger partial charge in [-0.05, 0) is 18.4 Å². The number of hydrogen-bond donors (Lipinski definition) is 2. The van der Waals surface area contributed by atoms with Crippen molar-refractivity contribution in [1.82, 2.24) is 10.6 Å². The first-order valence-electron chi connectivity index (χ1n) is 6.47. The van der Waals surface area contributed by atoms with Gasteiger partial charge in [-0.15, -0.1) is 0 Å². The van der Waals surface area contributed by atoms with Gasteiger partial charge in [0.1, 0.15) is 0 Å². The van der Waals surface area contributed by atoms with E-state index in [0.717, 1.165) is 19.4 Å². The van der Waals surface area contributed by atoms with Crippen LogP contribution >= 0.6 is 0 Å². The fourth-order valence-electron chi connectivity index (χ4n) is 2.01. The first-order valence-corrected chi connectivity index (χ1v) is 6.47. The Kier molecular flexibility index (Phi) is 5.17. The lowest BCUT2D eigenvalue weighted by atomic mass is 10.2. The molecule has 98 valence electrons. The zero-order valence-corrected chi connectivity index (χ0v) is 10.5. The molecule has 1 aliphatic rings. The lowest BCUT2D eigenvalue weighted by molar-refractivity contribution is -0.120. The van der Waals surface area contributed by atoms with Gasteiger partial charge in [0.2, 0.25) is 5.91 Å². The largest absolute Gasteiger partial charge is 0.376 e. The highest BCUT2D eigenvalue weighted by Gasteiger charge is 2.15. The predicted octanol–water partition coefficient (Wildman–Crippen LogP) is 1.07. The number of benzene rings is 1. The van der Waals surface area contributed by atoms with E-state index in [9.17, 15) is 4.79 Å². The van der Waals surface area contributed by atoms with Crippen LogP contribution in [0.5, 0.6) is 0 Å². The maximum absolute atomic E-state index is 11.6. The minimum atomic E-state index is 0.0291. The SMILES string of the molecule is O=C(CNCc1ccccc1)NCC1CCCO1. The summed E-state index contributed by atoms with van der Waals surface area (Å²) in [5, 5.41) is 6.01. The second-order valence-electron chi connectivity index (χ2n) is 4.53. The van der Waals surface area contributed by atoms with E-state index in [2.05, 4.69) is 10.6 Å². The molecular weight excluding hydrogens is 228 g/mol. The van der Waals surface area contributed by atoms with E-state index in [1.165, 1.54) is 5.56 Å². The summed E-state index contributed by atoms with van der Waals surface area (Å²) in [4.78, 5) is 11.6. The fraction of sp³-hybridized carbons (Fsp3) is 0.500. The lowest BCUT2D eigenvalue weighted by Gasteiger charge is -2.11. The van der Waals surface area contributed by atoms with E-state index in [4.69, 9.17) is 4.74 Å². The zero-order valence-electron chi connectivity index (χ0n) is 10.5. The number of ether oxygens (including phenoxy) is 1. The number of hydrogen-bond acceptors (Lipinski definition) is 3. The van der Waals surface area contributed by atoms with E-state index >= 15 is 0 Å². The Hall–Kier alpha value is -1.39. The van der Waals surface area contributed by atoms with Crippen molar-refractivity contribution in [2.24, 2.45) is 0 Å². The second kappa shape index (κ2) is 7.13. The fourth-order valence-corrected chi connectivity index (χ4v) is 2.01. The van der Waals surface area contributed by atoms with Crippen molar-refractivity contribution < 1.29 is 9.53 Å². The van der Waals surface area contributed by atoms with Crippen LogP contribution in [0.1, 0.15) is 18.4 Å². The smallest absolute Gasteiger partial charge is 0.234 e. The number of amides is 1. The van der Waals surface area contributed by atoms with E-state index in [-0.39, 0.29) is 12.0 Å². The molecule has 4 nitrogen and oxygen atoms in total. The molecule has 2 rings (SSSR count). The molecule has 4 heteroatoms. The topological polar surface area (TPSA) is 50.4 Å². The van der Waals surface area contributed by atoms with Gasteiger partial charge < -0.3 is 15.4 Å². The van der Waals surface area contributed by atoms with Crippen molar-refractivity contribution in [2.75, 3.05) is 19.7 Å². The molecule has 1 heterocycles. The standard InChI is InChI=1S/C14H20N2O2/c17-14(16-10-13-7-4-8-18-13)11-15-9-12-5-2-1-3-6-12/h1-3,5-6,13,15H,4,7-11H2,(H,16,17). The number of rotatable bonds is 6. The molecule has 18 heavy (non-hydrogen) atoms. The Labute approximate surface area is 108 Å². The van der Waals surface area contributed by atoms with Crippen molar-refractivity contribution in [2.45, 2.75) is 25.5 Å². The van der Waals surface area contributed by atoms with Crippen molar-refractivity contribution >= 4 is 5.91 Å². The number of nitrogens with one attached hydrogen (secondary N) is 2. The third-order valence-electron chi connectivity index (χ3n) is 3.01. The van der Waals surface area contributed by atoms with Crippen molar-refractivity contribution in [3.05, 3.63) is 35.9 Å². The van der Waals surface area contributed by atoms with Gasteiger partial charge in [0.25, 0.3) is 0 Å². The van der Waals surface area contributed by atoms with Crippen LogP contribution < -0.4 is 10.6 Å². The van der Waals surface area contributed by atoms with Crippen LogP contribution in [-0.4, -0.2) is 31.7 Å². The third kappa shape index (κ3) is 4.47. The molecule has 0 bridgehead atoms. The summed E-state index contributed by atoms with van der Waals surface area (Å²) in [6, 6.07) is 10.1. The van der Waals surface area contributed by atoms with Gasteiger partial charge in [0, 0.05) is 19.7 Å². The normalized spacial score (nSPS) is 18.8. The number of carbonyl (C=O) groups is 1. The van der Waals surface area contributed by atoms with Crippen molar-refractivity contribution in [3.63, 3.8) is 0 Å². The molecular formula is C14H20N2O2. The maximum Gasteiger partial charge on any atom is 0.234 e. The van der Waals surface area contributed by atoms with Crippen LogP contribution in [-0.2, 0) is 16.1 Å². The van der Waals surface area contributed by atoms with E-state index in [0.29, 0.717) is 19.6 Å². The average molecular weight is 248 g/mol. The molecule has 1 aromatic rings. The number of carbonyl (C=O) groups excluding carboxylic acids is 1. The molecule has 1 unspecified atom stereocenters. The molecule has 0 aliphatic carbocycles. The van der Waals surface area contributed by atoms with Crippen molar-refractivity contribution in [1.29, 1.82) is 0 Å². The molecule has 1 aromatic carbocycles. The zero-order chi connectivity index (χ0) is 12.6. The van der Waals surface area contributed by atoms with Crippen LogP contribution in [0.15, 0.2) is 30.3 Å². The molecule has 1 amide bonds. The summed E-state index contributed by atoms with van der Waals surface area (Å²) < 4.78 is 5.44. The molecule has 0 radical (unpaired) electrons. The van der Waals surface area contributed by atoms with E-state index in [1.54, 1.807) is 0 Å². The summed E-state index contributed by atoms with van der Waals surface area (Å²) in [7, 11) is 0. The Balaban J connectivity index is 1.57. The summed E-state index contributed by atoms with van der Waals surface area (Å²) in [6.07, 6.45) is 2.37. The van der Waals surface area contributed by atoms with Gasteiger partial charge in [-0.2, -0.15) is 0 Å². The average Bonchev–Trinajstić information content (AvgIpc) is 2.91. The minimum Gasteiger partial charge on any atom is -0.376 e. The lowest BCUT2D eigenvalue weighted by Crippen LogP contribution is -2.37. The molecule has 0 spiro atoms. The Morgan fingerprint density at radius 3 is 2.89 bits per heavy atom. The molecule has 0 saturated carbocycles. The van der Waals surface area contributed by atoms with Gasteiger partial charge in [-0.3, -0.25) is 4.79 Å². The molecule has 1 aliphatic heterocycles. The molecule has 0 aromatic heterocycles. The molecule has 2 N–H and O–H groups in total. The first kappa shape index (κ1) is 13.1. The summed E-state index contributed by atoms with van der Waals surface area (Å²) >= 11 is 0. The summed E-state index contributed by atoms with van der Waals surface area (Å²) in [5.74, 6) is 0.0291. The second-order valence-corrected chi connectivity index (χ2v) is 4.53. The van der Waals surface area contributed by atoms with E-state index in [1.807, 2.05) is 30.3 Å². The molecule has 1 fully saturated rings. The minimum absolute atomic E-state index is 0.0291. The van der Waals surface area contributed by atoms with Crippen LogP contribution in [0.25, 0.3) is 0 Å². The third-order valence-corrected chi connectivity index (χ3v) is 3.01. The van der Waals surface area contributed by atoms with Gasteiger partial charge in [-0.25, -0.2) is 0 Å². The highest BCUT2D eigenvalue weighted by Crippen LogP contribution is 2.10. The van der Waals surface area contributed by atoms with Crippen molar-refractivity contribution in [3.8, 4) is 0 Å². The summed E-state index contributed by atoms with van der Waals surface area (Å²) in [5.41, 5.74) is 1.18. The Morgan fingerprint density at radius 1 is 1.33 bits per heavy atom. The molecule has 1 saturated heterocycles. The summed E-state index contributed by atoms with van der Waals surface area (Å²) in [6.45, 7) is 2.52. The highest BCUT2D eigenvalue weighted by atomic mass is 16.5.